The summed E-state index contributed by atoms with van der Waals surface area (Å²) < 4.78 is 13.5. The summed E-state index contributed by atoms with van der Waals surface area (Å²) in [7, 11) is 0. The molecule has 1 saturated heterocycles. The number of aromatic nitrogens is 2. The summed E-state index contributed by atoms with van der Waals surface area (Å²) in [6, 6.07) is 5.82. The number of hydrogen-bond donors (Lipinski definition) is 0. The topological polar surface area (TPSA) is 66.4 Å². The lowest BCUT2D eigenvalue weighted by Crippen LogP contribution is -2.40. The molecule has 2 aliphatic heterocycles. The first kappa shape index (κ1) is 18.5. The van der Waals surface area contributed by atoms with Gasteiger partial charge in [-0.2, -0.15) is 0 Å². The Morgan fingerprint density at radius 2 is 2.07 bits per heavy atom. The molecule has 28 heavy (non-hydrogen) atoms. The van der Waals surface area contributed by atoms with E-state index in [4.69, 9.17) is 4.98 Å². The smallest absolute Gasteiger partial charge is 0.253 e. The lowest BCUT2D eigenvalue weighted by molar-refractivity contribution is -0.129. The number of fused-ring (bicyclic) bond motifs is 1. The minimum absolute atomic E-state index is 0.0634. The van der Waals surface area contributed by atoms with E-state index < -0.39 is 5.82 Å². The van der Waals surface area contributed by atoms with Crippen LogP contribution in [0.25, 0.3) is 0 Å². The molecular weight excluding hydrogens is 359 g/mol. The minimum atomic E-state index is -0.406. The van der Waals surface area contributed by atoms with Gasteiger partial charge in [0.15, 0.2) is 0 Å². The zero-order valence-corrected chi connectivity index (χ0v) is 15.9. The third kappa shape index (κ3) is 3.74. The van der Waals surface area contributed by atoms with Crippen molar-refractivity contribution in [3.63, 3.8) is 0 Å². The molecule has 1 fully saturated rings. The summed E-state index contributed by atoms with van der Waals surface area (Å²) in [5, 5.41) is 0. The van der Waals surface area contributed by atoms with Gasteiger partial charge in [-0.1, -0.05) is 6.07 Å². The fourth-order valence-corrected chi connectivity index (χ4v) is 3.97. The maximum Gasteiger partial charge on any atom is 0.253 e. The molecule has 1 unspecified atom stereocenters. The molecule has 1 aromatic carbocycles. The number of halogens is 1. The van der Waals surface area contributed by atoms with E-state index in [9.17, 15) is 14.0 Å². The Bertz CT molecular complexity index is 917. The van der Waals surface area contributed by atoms with Crippen LogP contribution in [0.1, 0.15) is 53.1 Å². The summed E-state index contributed by atoms with van der Waals surface area (Å²) >= 11 is 0. The Hall–Kier alpha value is -2.83. The van der Waals surface area contributed by atoms with Crippen LogP contribution < -0.4 is 0 Å². The van der Waals surface area contributed by atoms with Gasteiger partial charge in [0.1, 0.15) is 11.6 Å². The Morgan fingerprint density at radius 1 is 1.21 bits per heavy atom. The largest absolute Gasteiger partial charge is 0.338 e. The van der Waals surface area contributed by atoms with Crippen molar-refractivity contribution in [1.29, 1.82) is 0 Å². The molecule has 6 nitrogen and oxygen atoms in total. The third-order valence-corrected chi connectivity index (χ3v) is 5.54. The van der Waals surface area contributed by atoms with E-state index in [0.29, 0.717) is 31.7 Å². The van der Waals surface area contributed by atoms with Crippen LogP contribution in [-0.2, 0) is 17.8 Å². The Morgan fingerprint density at radius 3 is 2.86 bits per heavy atom. The van der Waals surface area contributed by atoms with Crippen LogP contribution in [0, 0.1) is 5.82 Å². The van der Waals surface area contributed by atoms with Crippen molar-refractivity contribution in [2.45, 2.75) is 38.6 Å². The second-order valence-electron chi connectivity index (χ2n) is 7.49. The fraction of sp³-hybridized carbons (Fsp3) is 0.429. The molecule has 7 heteroatoms. The van der Waals surface area contributed by atoms with Crippen molar-refractivity contribution in [2.75, 3.05) is 19.6 Å². The van der Waals surface area contributed by atoms with Gasteiger partial charge >= 0.3 is 0 Å². The van der Waals surface area contributed by atoms with Crippen molar-refractivity contribution in [2.24, 2.45) is 0 Å². The van der Waals surface area contributed by atoms with E-state index in [2.05, 4.69) is 4.98 Å². The highest BCUT2D eigenvalue weighted by Crippen LogP contribution is 2.27. The summed E-state index contributed by atoms with van der Waals surface area (Å²) in [6.07, 6.45) is 4.33. The van der Waals surface area contributed by atoms with Crippen LogP contribution in [0.4, 0.5) is 4.39 Å². The van der Waals surface area contributed by atoms with Gasteiger partial charge < -0.3 is 9.80 Å². The molecule has 4 rings (SSSR count). The van der Waals surface area contributed by atoms with Crippen LogP contribution in [0.5, 0.6) is 0 Å². The van der Waals surface area contributed by atoms with Crippen molar-refractivity contribution < 1.29 is 14.0 Å². The van der Waals surface area contributed by atoms with Crippen LogP contribution in [0.15, 0.2) is 30.5 Å². The van der Waals surface area contributed by atoms with Gasteiger partial charge in [-0.25, -0.2) is 14.4 Å². The number of benzene rings is 1. The van der Waals surface area contributed by atoms with Crippen molar-refractivity contribution >= 4 is 11.8 Å². The quantitative estimate of drug-likeness (QED) is 0.801. The van der Waals surface area contributed by atoms with Crippen molar-refractivity contribution in [3.05, 3.63) is 58.9 Å². The Balaban J connectivity index is 1.49. The van der Waals surface area contributed by atoms with Gasteiger partial charge in [0.05, 0.1) is 5.69 Å². The summed E-state index contributed by atoms with van der Waals surface area (Å²) in [5.74, 6) is 0.332. The molecule has 146 valence electrons. The number of piperidine rings is 1. The number of carbonyl (C=O) groups is 2. The molecule has 0 saturated carbocycles. The summed E-state index contributed by atoms with van der Waals surface area (Å²) in [6.45, 7) is 4.00. The molecule has 1 atom stereocenters. The predicted octanol–water partition coefficient (Wildman–Crippen LogP) is 2.54. The maximum atomic E-state index is 13.5. The monoisotopic (exact) mass is 382 g/mol. The van der Waals surface area contributed by atoms with Crippen LogP contribution in [0.3, 0.4) is 0 Å². The van der Waals surface area contributed by atoms with Crippen LogP contribution >= 0.6 is 0 Å². The predicted molar refractivity (Wildman–Crippen MR) is 101 cm³/mol. The summed E-state index contributed by atoms with van der Waals surface area (Å²) in [4.78, 5) is 37.2. The number of carbonyl (C=O) groups excluding carboxylic acids is 2. The van der Waals surface area contributed by atoms with E-state index in [1.165, 1.54) is 12.1 Å². The molecule has 2 aliphatic rings. The van der Waals surface area contributed by atoms with Gasteiger partial charge in [0.2, 0.25) is 5.91 Å². The number of rotatable bonds is 2. The van der Waals surface area contributed by atoms with E-state index in [1.54, 1.807) is 28.9 Å². The average Bonchev–Trinajstić information content (AvgIpc) is 2.72. The first-order valence-corrected chi connectivity index (χ1v) is 9.66. The number of nitrogens with zero attached hydrogens (tertiary/aromatic N) is 4. The maximum absolute atomic E-state index is 13.5. The lowest BCUT2D eigenvalue weighted by Gasteiger charge is -2.33. The van der Waals surface area contributed by atoms with Crippen molar-refractivity contribution in [3.8, 4) is 0 Å². The van der Waals surface area contributed by atoms with Crippen LogP contribution in [0.2, 0.25) is 0 Å². The third-order valence-electron chi connectivity index (χ3n) is 5.54. The standard InChI is InChI=1S/C21H23FN4O2/c1-14(27)25-9-7-19-17(13-25)11-23-20(24-19)16-5-3-8-26(12-16)21(28)15-4-2-6-18(22)10-15/h2,4,6,10-11,16H,3,5,7-9,12-13H2,1H3. The number of likely N-dealkylation sites (tertiary alicyclic amines) is 1. The molecule has 0 N–H and O–H groups in total. The zero-order chi connectivity index (χ0) is 19.7. The Labute approximate surface area is 163 Å². The molecule has 2 amide bonds. The van der Waals surface area contributed by atoms with E-state index in [-0.39, 0.29) is 17.7 Å². The lowest BCUT2D eigenvalue weighted by atomic mass is 9.95. The minimum Gasteiger partial charge on any atom is -0.338 e. The van der Waals surface area contributed by atoms with Crippen molar-refractivity contribution in [1.82, 2.24) is 19.8 Å². The molecule has 0 radical (unpaired) electrons. The summed E-state index contributed by atoms with van der Waals surface area (Å²) in [5.41, 5.74) is 2.36. The first-order chi connectivity index (χ1) is 13.5. The van der Waals surface area contributed by atoms with Gasteiger partial charge in [-0.15, -0.1) is 0 Å². The fourth-order valence-electron chi connectivity index (χ4n) is 3.97. The molecule has 1 aromatic heterocycles. The normalized spacial score (nSPS) is 19.3. The van der Waals surface area contributed by atoms with E-state index in [1.807, 2.05) is 6.20 Å². The molecule has 0 aliphatic carbocycles. The van der Waals surface area contributed by atoms with E-state index >= 15 is 0 Å². The second-order valence-corrected chi connectivity index (χ2v) is 7.49. The highest BCUT2D eigenvalue weighted by atomic mass is 19.1. The van der Waals surface area contributed by atoms with Gasteiger partial charge in [-0.05, 0) is 31.0 Å². The zero-order valence-electron chi connectivity index (χ0n) is 15.9. The molecular formula is C21H23FN4O2. The second kappa shape index (κ2) is 7.66. The molecule has 3 heterocycles. The molecule has 0 spiro atoms. The van der Waals surface area contributed by atoms with Crippen LogP contribution in [-0.4, -0.2) is 51.2 Å². The van der Waals surface area contributed by atoms with Gasteiger partial charge in [-0.3, -0.25) is 9.59 Å². The number of amides is 2. The average molecular weight is 382 g/mol. The number of hydrogen-bond acceptors (Lipinski definition) is 4. The highest BCUT2D eigenvalue weighted by molar-refractivity contribution is 5.94. The molecule has 0 bridgehead atoms. The first-order valence-electron chi connectivity index (χ1n) is 9.66. The SMILES string of the molecule is CC(=O)N1CCc2nc(C3CCCN(C(=O)c4cccc(F)c4)C3)ncc2C1. The Kier molecular flexibility index (Phi) is 5.07. The van der Waals surface area contributed by atoms with Gasteiger partial charge in [0.25, 0.3) is 5.91 Å². The highest BCUT2D eigenvalue weighted by Gasteiger charge is 2.28. The van der Waals surface area contributed by atoms with Gasteiger partial charge in [0, 0.05) is 62.8 Å². The van der Waals surface area contributed by atoms with E-state index in [0.717, 1.165) is 36.3 Å². The molecule has 2 aromatic rings.